The average Bonchev–Trinajstić information content (AvgIpc) is 2.48. The molecule has 2 rings (SSSR count). The first-order valence-electron chi connectivity index (χ1n) is 6.59. The highest BCUT2D eigenvalue weighted by Crippen LogP contribution is 2.30. The van der Waals surface area contributed by atoms with Gasteiger partial charge in [0.1, 0.15) is 0 Å². The Balaban J connectivity index is 2.12. The van der Waals surface area contributed by atoms with Crippen LogP contribution in [0.3, 0.4) is 0 Å². The third kappa shape index (κ3) is 3.79. The van der Waals surface area contributed by atoms with Crippen molar-refractivity contribution in [1.82, 2.24) is 0 Å². The fourth-order valence-corrected chi connectivity index (χ4v) is 2.67. The lowest BCUT2D eigenvalue weighted by Gasteiger charge is -2.06. The van der Waals surface area contributed by atoms with Crippen LogP contribution in [0.25, 0.3) is 0 Å². The van der Waals surface area contributed by atoms with E-state index in [-0.39, 0.29) is 17.2 Å². The standard InChI is InChI=1S/C16H15NO4S/c1-2-21-16(20)10-3-5-11(6-4-10)22-12-7-8-13(15(18)19)14(17)9-12/h3-9H,2,17H2,1H3,(H,18,19). The summed E-state index contributed by atoms with van der Waals surface area (Å²) < 4.78 is 4.92. The SMILES string of the molecule is CCOC(=O)c1ccc(Sc2ccc(C(=O)O)c(N)c2)cc1. The predicted octanol–water partition coefficient (Wildman–Crippen LogP) is 3.29. The molecule has 0 aromatic heterocycles. The second-order valence-corrected chi connectivity index (χ2v) is 5.55. The highest BCUT2D eigenvalue weighted by Gasteiger charge is 2.09. The number of hydrogen-bond donors (Lipinski definition) is 2. The summed E-state index contributed by atoms with van der Waals surface area (Å²) >= 11 is 1.43. The van der Waals surface area contributed by atoms with Gasteiger partial charge in [-0.2, -0.15) is 0 Å². The van der Waals surface area contributed by atoms with E-state index in [9.17, 15) is 9.59 Å². The monoisotopic (exact) mass is 317 g/mol. The molecule has 2 aromatic rings. The maximum Gasteiger partial charge on any atom is 0.338 e. The van der Waals surface area contributed by atoms with Crippen LogP contribution in [-0.4, -0.2) is 23.7 Å². The van der Waals surface area contributed by atoms with E-state index in [1.807, 2.05) is 0 Å². The number of ether oxygens (including phenoxy) is 1. The number of nitrogen functional groups attached to an aromatic ring is 1. The zero-order valence-electron chi connectivity index (χ0n) is 11.9. The molecule has 114 valence electrons. The Hall–Kier alpha value is -2.47. The van der Waals surface area contributed by atoms with Gasteiger partial charge in [-0.1, -0.05) is 11.8 Å². The van der Waals surface area contributed by atoms with Crippen LogP contribution in [0.4, 0.5) is 5.69 Å². The first-order chi connectivity index (χ1) is 10.5. The van der Waals surface area contributed by atoms with E-state index in [0.29, 0.717) is 12.2 Å². The summed E-state index contributed by atoms with van der Waals surface area (Å²) in [5, 5.41) is 8.94. The summed E-state index contributed by atoms with van der Waals surface area (Å²) in [5.41, 5.74) is 6.52. The smallest absolute Gasteiger partial charge is 0.338 e. The van der Waals surface area contributed by atoms with E-state index < -0.39 is 5.97 Å². The summed E-state index contributed by atoms with van der Waals surface area (Å²) in [6, 6.07) is 11.8. The molecule has 0 radical (unpaired) electrons. The van der Waals surface area contributed by atoms with Crippen molar-refractivity contribution in [2.24, 2.45) is 0 Å². The van der Waals surface area contributed by atoms with Crippen LogP contribution in [0, 0.1) is 0 Å². The maximum absolute atomic E-state index is 11.6. The van der Waals surface area contributed by atoms with Crippen molar-refractivity contribution in [3.05, 3.63) is 53.6 Å². The van der Waals surface area contributed by atoms with Gasteiger partial charge in [0.25, 0.3) is 0 Å². The second-order valence-electron chi connectivity index (χ2n) is 4.40. The van der Waals surface area contributed by atoms with Crippen molar-refractivity contribution in [1.29, 1.82) is 0 Å². The molecule has 0 saturated carbocycles. The molecule has 0 amide bonds. The van der Waals surface area contributed by atoms with Crippen LogP contribution in [0.2, 0.25) is 0 Å². The number of anilines is 1. The number of aromatic carboxylic acids is 1. The molecule has 0 aliphatic rings. The van der Waals surface area contributed by atoms with Gasteiger partial charge in [0, 0.05) is 15.5 Å². The van der Waals surface area contributed by atoms with Crippen LogP contribution in [0.15, 0.2) is 52.3 Å². The van der Waals surface area contributed by atoms with Gasteiger partial charge >= 0.3 is 11.9 Å². The second kappa shape index (κ2) is 7.00. The Bertz CT molecular complexity index is 698. The molecule has 0 unspecified atom stereocenters. The number of benzene rings is 2. The molecule has 0 atom stereocenters. The van der Waals surface area contributed by atoms with Crippen LogP contribution in [0.5, 0.6) is 0 Å². The molecule has 3 N–H and O–H groups in total. The molecule has 5 nitrogen and oxygen atoms in total. The number of carbonyl (C=O) groups is 2. The molecule has 0 bridgehead atoms. The van der Waals surface area contributed by atoms with Crippen LogP contribution >= 0.6 is 11.8 Å². The van der Waals surface area contributed by atoms with Gasteiger partial charge in [-0.15, -0.1) is 0 Å². The first kappa shape index (κ1) is 15.9. The maximum atomic E-state index is 11.6. The minimum absolute atomic E-state index is 0.0852. The lowest BCUT2D eigenvalue weighted by molar-refractivity contribution is 0.0525. The Morgan fingerprint density at radius 3 is 2.32 bits per heavy atom. The van der Waals surface area contributed by atoms with E-state index >= 15 is 0 Å². The topological polar surface area (TPSA) is 89.6 Å². The number of rotatable bonds is 5. The van der Waals surface area contributed by atoms with Crippen molar-refractivity contribution in [2.45, 2.75) is 16.7 Å². The van der Waals surface area contributed by atoms with Crippen LogP contribution < -0.4 is 5.73 Å². The van der Waals surface area contributed by atoms with Gasteiger partial charge in [0.2, 0.25) is 0 Å². The highest BCUT2D eigenvalue weighted by molar-refractivity contribution is 7.99. The van der Waals surface area contributed by atoms with Gasteiger partial charge in [0.05, 0.1) is 17.7 Å². The average molecular weight is 317 g/mol. The van der Waals surface area contributed by atoms with Crippen LogP contribution in [0.1, 0.15) is 27.6 Å². The molecule has 22 heavy (non-hydrogen) atoms. The van der Waals surface area contributed by atoms with Crippen molar-refractivity contribution in [3.8, 4) is 0 Å². The first-order valence-corrected chi connectivity index (χ1v) is 7.40. The number of nitrogens with two attached hydrogens (primary N) is 1. The summed E-state index contributed by atoms with van der Waals surface area (Å²) in [4.78, 5) is 24.2. The Morgan fingerprint density at radius 1 is 1.14 bits per heavy atom. The van der Waals surface area contributed by atoms with Gasteiger partial charge in [-0.3, -0.25) is 0 Å². The largest absolute Gasteiger partial charge is 0.478 e. The molecule has 2 aromatic carbocycles. The van der Waals surface area contributed by atoms with Crippen molar-refractivity contribution in [3.63, 3.8) is 0 Å². The summed E-state index contributed by atoms with van der Waals surface area (Å²) in [6.45, 7) is 2.10. The molecule has 0 spiro atoms. The molecule has 0 saturated heterocycles. The lowest BCUT2D eigenvalue weighted by Crippen LogP contribution is -2.04. The van der Waals surface area contributed by atoms with E-state index in [2.05, 4.69) is 0 Å². The summed E-state index contributed by atoms with van der Waals surface area (Å²) in [7, 11) is 0. The summed E-state index contributed by atoms with van der Waals surface area (Å²) in [5.74, 6) is -1.40. The minimum atomic E-state index is -1.05. The minimum Gasteiger partial charge on any atom is -0.478 e. The predicted molar refractivity (Wildman–Crippen MR) is 84.3 cm³/mol. The molecular formula is C16H15NO4S. The van der Waals surface area contributed by atoms with Gasteiger partial charge in [-0.05, 0) is 49.4 Å². The van der Waals surface area contributed by atoms with Gasteiger partial charge in [0.15, 0.2) is 0 Å². The zero-order chi connectivity index (χ0) is 16.1. The third-order valence-corrected chi connectivity index (χ3v) is 3.85. The van der Waals surface area contributed by atoms with Crippen LogP contribution in [-0.2, 0) is 4.74 Å². The molecule has 6 heteroatoms. The van der Waals surface area contributed by atoms with Crippen molar-refractivity contribution in [2.75, 3.05) is 12.3 Å². The number of esters is 1. The fourth-order valence-electron chi connectivity index (χ4n) is 1.81. The molecule has 0 heterocycles. The Kier molecular flexibility index (Phi) is 5.06. The van der Waals surface area contributed by atoms with E-state index in [1.54, 1.807) is 43.3 Å². The van der Waals surface area contributed by atoms with Gasteiger partial charge in [-0.25, -0.2) is 9.59 Å². The molecule has 0 fully saturated rings. The normalized spacial score (nSPS) is 10.2. The fraction of sp³-hybridized carbons (Fsp3) is 0.125. The quantitative estimate of drug-likeness (QED) is 0.649. The number of carbonyl (C=O) groups excluding carboxylic acids is 1. The van der Waals surface area contributed by atoms with E-state index in [1.165, 1.54) is 17.8 Å². The molecule has 0 aliphatic carbocycles. The number of hydrogen-bond acceptors (Lipinski definition) is 5. The molecule has 0 aliphatic heterocycles. The highest BCUT2D eigenvalue weighted by atomic mass is 32.2. The number of carboxylic acid groups (broad SMARTS) is 1. The molecular weight excluding hydrogens is 302 g/mol. The Morgan fingerprint density at radius 2 is 1.77 bits per heavy atom. The van der Waals surface area contributed by atoms with E-state index in [4.69, 9.17) is 15.6 Å². The summed E-state index contributed by atoms with van der Waals surface area (Å²) in [6.07, 6.45) is 0. The van der Waals surface area contributed by atoms with Gasteiger partial charge < -0.3 is 15.6 Å². The Labute approximate surface area is 132 Å². The zero-order valence-corrected chi connectivity index (χ0v) is 12.7. The third-order valence-electron chi connectivity index (χ3n) is 2.85. The number of carboxylic acids is 1. The van der Waals surface area contributed by atoms with Crippen molar-refractivity contribution >= 4 is 29.4 Å². The lowest BCUT2D eigenvalue weighted by atomic mass is 10.2. The van der Waals surface area contributed by atoms with Crippen molar-refractivity contribution < 1.29 is 19.4 Å². The van der Waals surface area contributed by atoms with E-state index in [0.717, 1.165) is 9.79 Å².